The van der Waals surface area contributed by atoms with Gasteiger partial charge in [0.2, 0.25) is 6.79 Å². The van der Waals surface area contributed by atoms with Crippen LogP contribution in [-0.2, 0) is 17.9 Å². The Balaban J connectivity index is 0.000000339. The normalized spacial score (nSPS) is 12.5. The lowest BCUT2D eigenvalue weighted by Crippen LogP contribution is -2.21. The number of benzene rings is 2. The highest BCUT2D eigenvalue weighted by Gasteiger charge is 2.38. The van der Waals surface area contributed by atoms with Crippen molar-refractivity contribution in [3.05, 3.63) is 53.9 Å². The Morgan fingerprint density at radius 3 is 2.55 bits per heavy atom. The van der Waals surface area contributed by atoms with E-state index >= 15 is 0 Å². The molecule has 3 aromatic rings. The summed E-state index contributed by atoms with van der Waals surface area (Å²) in [6.07, 6.45) is -5.08. The maximum atomic E-state index is 10.6. The molecule has 0 spiro atoms. The van der Waals surface area contributed by atoms with Crippen LogP contribution in [0.15, 0.2) is 42.5 Å². The minimum atomic E-state index is -5.08. The van der Waals surface area contributed by atoms with Crippen molar-refractivity contribution in [1.82, 2.24) is 14.9 Å². The highest BCUT2D eigenvalue weighted by Crippen LogP contribution is 2.35. The fourth-order valence-corrected chi connectivity index (χ4v) is 2.93. The summed E-state index contributed by atoms with van der Waals surface area (Å²) in [5, 5.41) is 8.01. The molecular weight excluding hydrogens is 417 g/mol. The van der Waals surface area contributed by atoms with Crippen molar-refractivity contribution < 1.29 is 32.5 Å². The molecule has 0 saturated heterocycles. The minimum Gasteiger partial charge on any atom is -0.475 e. The molecule has 0 unspecified atom stereocenters. The molecule has 0 amide bonds. The van der Waals surface area contributed by atoms with E-state index in [0.717, 1.165) is 28.0 Å². The third-order valence-electron chi connectivity index (χ3n) is 4.25. The Hall–Kier alpha value is -3.60. The fourth-order valence-electron chi connectivity index (χ4n) is 2.93. The van der Waals surface area contributed by atoms with E-state index in [1.807, 2.05) is 49.5 Å². The number of rotatable bonds is 4. The van der Waals surface area contributed by atoms with Crippen molar-refractivity contribution in [3.8, 4) is 11.5 Å². The first kappa shape index (κ1) is 22.1. The fraction of sp³-hybridized carbons (Fsp3) is 0.250. The molecule has 0 atom stereocenters. The molecule has 0 fully saturated rings. The van der Waals surface area contributed by atoms with E-state index < -0.39 is 12.1 Å². The number of alkyl halides is 3. The van der Waals surface area contributed by atoms with Crippen molar-refractivity contribution in [3.63, 3.8) is 0 Å². The van der Waals surface area contributed by atoms with E-state index in [-0.39, 0.29) is 6.79 Å². The van der Waals surface area contributed by atoms with Crippen LogP contribution in [-0.4, -0.2) is 46.0 Å². The number of nitrogens with two attached hydrogens (primary N) is 1. The van der Waals surface area contributed by atoms with Gasteiger partial charge in [0.05, 0.1) is 12.1 Å². The van der Waals surface area contributed by atoms with Crippen molar-refractivity contribution in [1.29, 1.82) is 0 Å². The lowest BCUT2D eigenvalue weighted by molar-refractivity contribution is -0.192. The summed E-state index contributed by atoms with van der Waals surface area (Å²) in [5.74, 6) is 0.0858. The molecule has 0 radical (unpaired) electrons. The molecule has 3 N–H and O–H groups in total. The zero-order chi connectivity index (χ0) is 22.6. The number of anilines is 1. The second-order valence-electron chi connectivity index (χ2n) is 6.67. The maximum Gasteiger partial charge on any atom is 0.490 e. The minimum absolute atomic E-state index is 0.278. The predicted molar refractivity (Wildman–Crippen MR) is 105 cm³/mol. The molecule has 8 nitrogen and oxygen atoms in total. The predicted octanol–water partition coefficient (Wildman–Crippen LogP) is 3.21. The molecular formula is C20H19F3N4O4. The van der Waals surface area contributed by atoms with E-state index in [0.29, 0.717) is 24.7 Å². The lowest BCUT2D eigenvalue weighted by atomic mass is 10.1. The first-order chi connectivity index (χ1) is 14.6. The van der Waals surface area contributed by atoms with Gasteiger partial charge in [-0.2, -0.15) is 13.2 Å². The number of hydrogen-bond donors (Lipinski definition) is 2. The van der Waals surface area contributed by atoms with Gasteiger partial charge in [0.15, 0.2) is 11.5 Å². The van der Waals surface area contributed by atoms with Crippen LogP contribution in [0, 0.1) is 0 Å². The first-order valence-electron chi connectivity index (χ1n) is 9.02. The van der Waals surface area contributed by atoms with Gasteiger partial charge in [0.1, 0.15) is 11.6 Å². The molecule has 1 aromatic heterocycles. The van der Waals surface area contributed by atoms with Crippen LogP contribution in [0.4, 0.5) is 19.0 Å². The van der Waals surface area contributed by atoms with Crippen LogP contribution in [0.3, 0.4) is 0 Å². The van der Waals surface area contributed by atoms with Crippen LogP contribution in [0.1, 0.15) is 11.4 Å². The third kappa shape index (κ3) is 5.51. The SMILES string of the molecule is CN(Cc1nc(N)c2ccccc2n1)Cc1cccc2c1OCO2.O=C(O)C(F)(F)F. The smallest absolute Gasteiger partial charge is 0.475 e. The van der Waals surface area contributed by atoms with Gasteiger partial charge in [-0.1, -0.05) is 24.3 Å². The van der Waals surface area contributed by atoms with Crippen LogP contribution in [0.2, 0.25) is 0 Å². The van der Waals surface area contributed by atoms with Gasteiger partial charge >= 0.3 is 12.1 Å². The molecule has 1 aliphatic rings. The van der Waals surface area contributed by atoms with Gasteiger partial charge < -0.3 is 20.3 Å². The highest BCUT2D eigenvalue weighted by molar-refractivity contribution is 5.87. The molecule has 2 aromatic carbocycles. The van der Waals surface area contributed by atoms with Crippen LogP contribution >= 0.6 is 0 Å². The van der Waals surface area contributed by atoms with E-state index in [9.17, 15) is 13.2 Å². The summed E-state index contributed by atoms with van der Waals surface area (Å²) in [4.78, 5) is 20.0. The summed E-state index contributed by atoms with van der Waals surface area (Å²) in [6, 6.07) is 13.7. The van der Waals surface area contributed by atoms with Gasteiger partial charge in [0, 0.05) is 17.5 Å². The Bertz CT molecular complexity index is 1090. The Morgan fingerprint density at radius 1 is 1.13 bits per heavy atom. The number of halogens is 3. The number of aromatic nitrogens is 2. The molecule has 0 aliphatic carbocycles. The average Bonchev–Trinajstić information content (AvgIpc) is 3.17. The zero-order valence-corrected chi connectivity index (χ0v) is 16.4. The molecule has 2 heterocycles. The summed E-state index contributed by atoms with van der Waals surface area (Å²) in [7, 11) is 2.02. The van der Waals surface area contributed by atoms with Gasteiger partial charge in [-0.15, -0.1) is 0 Å². The molecule has 4 rings (SSSR count). The molecule has 31 heavy (non-hydrogen) atoms. The number of fused-ring (bicyclic) bond motifs is 2. The number of nitrogen functional groups attached to an aromatic ring is 1. The lowest BCUT2D eigenvalue weighted by Gasteiger charge is -2.17. The summed E-state index contributed by atoms with van der Waals surface area (Å²) < 4.78 is 42.7. The van der Waals surface area contributed by atoms with Gasteiger partial charge in [-0.05, 0) is 25.2 Å². The second-order valence-corrected chi connectivity index (χ2v) is 6.67. The van der Waals surface area contributed by atoms with Crippen LogP contribution in [0.5, 0.6) is 11.5 Å². The van der Waals surface area contributed by atoms with E-state index in [4.69, 9.17) is 25.1 Å². The molecule has 1 aliphatic heterocycles. The topological polar surface area (TPSA) is 111 Å². The standard InChI is InChI=1S/C18H18N4O2.C2HF3O2/c1-22(9-12-5-4-8-15-17(12)24-11-23-15)10-16-20-14-7-3-2-6-13(14)18(19)21-16;3-2(4,5)1(6)7/h2-8H,9-11H2,1H3,(H2,19,20,21);(H,6,7). The quantitative estimate of drug-likeness (QED) is 0.642. The molecule has 0 bridgehead atoms. The number of para-hydroxylation sites is 2. The summed E-state index contributed by atoms with van der Waals surface area (Å²) in [5.41, 5.74) is 8.00. The molecule has 164 valence electrons. The Kier molecular flexibility index (Phi) is 6.44. The molecule has 0 saturated carbocycles. The third-order valence-corrected chi connectivity index (χ3v) is 4.25. The maximum absolute atomic E-state index is 10.6. The first-order valence-corrected chi connectivity index (χ1v) is 9.02. The average molecular weight is 436 g/mol. The number of carbonyl (C=O) groups is 1. The second kappa shape index (κ2) is 9.04. The largest absolute Gasteiger partial charge is 0.490 e. The number of aliphatic carboxylic acids is 1. The monoisotopic (exact) mass is 436 g/mol. The number of carboxylic acids is 1. The van der Waals surface area contributed by atoms with Crippen LogP contribution < -0.4 is 15.2 Å². The zero-order valence-electron chi connectivity index (χ0n) is 16.4. The van der Waals surface area contributed by atoms with Crippen molar-refractivity contribution in [2.75, 3.05) is 19.6 Å². The number of nitrogens with zero attached hydrogens (tertiary/aromatic N) is 3. The summed E-state index contributed by atoms with van der Waals surface area (Å²) in [6.45, 7) is 1.59. The van der Waals surface area contributed by atoms with Crippen molar-refractivity contribution >= 4 is 22.7 Å². The van der Waals surface area contributed by atoms with E-state index in [1.165, 1.54) is 0 Å². The summed E-state index contributed by atoms with van der Waals surface area (Å²) >= 11 is 0. The van der Waals surface area contributed by atoms with Gasteiger partial charge in [-0.25, -0.2) is 14.8 Å². The van der Waals surface area contributed by atoms with Gasteiger partial charge in [0.25, 0.3) is 0 Å². The highest BCUT2D eigenvalue weighted by atomic mass is 19.4. The Labute approximate surface area is 175 Å². The van der Waals surface area contributed by atoms with E-state index in [1.54, 1.807) is 0 Å². The number of hydrogen-bond acceptors (Lipinski definition) is 7. The number of ether oxygens (including phenoxy) is 2. The van der Waals surface area contributed by atoms with Crippen LogP contribution in [0.25, 0.3) is 10.9 Å². The Morgan fingerprint density at radius 2 is 1.84 bits per heavy atom. The van der Waals surface area contributed by atoms with E-state index in [2.05, 4.69) is 14.9 Å². The van der Waals surface area contributed by atoms with Crippen molar-refractivity contribution in [2.24, 2.45) is 0 Å². The van der Waals surface area contributed by atoms with Gasteiger partial charge in [-0.3, -0.25) is 4.90 Å². The van der Waals surface area contributed by atoms with Crippen molar-refractivity contribution in [2.45, 2.75) is 19.3 Å². The molecule has 11 heteroatoms. The number of carboxylic acid groups (broad SMARTS) is 1.